The Kier molecular flexibility index (Phi) is 5.16. The van der Waals surface area contributed by atoms with Crippen molar-refractivity contribution in [3.8, 4) is 0 Å². The smallest absolute Gasteiger partial charge is 0.255 e. The van der Waals surface area contributed by atoms with Crippen LogP contribution in [0, 0.1) is 6.92 Å². The van der Waals surface area contributed by atoms with E-state index in [-0.39, 0.29) is 5.91 Å². The van der Waals surface area contributed by atoms with Gasteiger partial charge in [0.2, 0.25) is 0 Å². The highest BCUT2D eigenvalue weighted by molar-refractivity contribution is 6.04. The first-order chi connectivity index (χ1) is 11.7. The van der Waals surface area contributed by atoms with Gasteiger partial charge in [-0.15, -0.1) is 0 Å². The molecule has 0 bridgehead atoms. The van der Waals surface area contributed by atoms with Gasteiger partial charge < -0.3 is 15.0 Å². The lowest BCUT2D eigenvalue weighted by atomic mass is 10.1. The van der Waals surface area contributed by atoms with E-state index in [0.717, 1.165) is 29.9 Å². The third kappa shape index (κ3) is 3.77. The molecule has 0 unspecified atom stereocenters. The van der Waals surface area contributed by atoms with Crippen LogP contribution in [-0.2, 0) is 11.3 Å². The number of anilines is 2. The van der Waals surface area contributed by atoms with Crippen molar-refractivity contribution in [1.29, 1.82) is 0 Å². The summed E-state index contributed by atoms with van der Waals surface area (Å²) in [4.78, 5) is 14.8. The number of nitrogens with zero attached hydrogens (tertiary/aromatic N) is 1. The molecule has 24 heavy (non-hydrogen) atoms. The van der Waals surface area contributed by atoms with E-state index in [1.54, 1.807) is 7.11 Å². The fraction of sp³-hybridized carbons (Fsp3) is 0.350. The maximum atomic E-state index is 12.4. The Morgan fingerprint density at radius 1 is 1.12 bits per heavy atom. The first-order valence-corrected chi connectivity index (χ1v) is 8.42. The average Bonchev–Trinajstić information content (AvgIpc) is 3.12. The van der Waals surface area contributed by atoms with Crippen molar-refractivity contribution < 1.29 is 9.53 Å². The molecule has 2 aromatic carbocycles. The highest BCUT2D eigenvalue weighted by Gasteiger charge is 2.14. The van der Waals surface area contributed by atoms with Gasteiger partial charge >= 0.3 is 0 Å². The molecule has 4 heteroatoms. The summed E-state index contributed by atoms with van der Waals surface area (Å²) >= 11 is 0. The second-order valence-electron chi connectivity index (χ2n) is 6.28. The van der Waals surface area contributed by atoms with E-state index in [9.17, 15) is 4.79 Å². The number of aryl methyl sites for hydroxylation is 1. The van der Waals surface area contributed by atoms with Crippen LogP contribution < -0.4 is 10.2 Å². The van der Waals surface area contributed by atoms with Crippen molar-refractivity contribution in [3.05, 3.63) is 59.2 Å². The molecule has 0 aromatic heterocycles. The van der Waals surface area contributed by atoms with Crippen molar-refractivity contribution in [1.82, 2.24) is 0 Å². The molecule has 2 aromatic rings. The van der Waals surface area contributed by atoms with Gasteiger partial charge in [0.15, 0.2) is 0 Å². The average molecular weight is 324 g/mol. The van der Waals surface area contributed by atoms with E-state index in [1.165, 1.54) is 18.5 Å². The molecular formula is C20H24N2O2. The minimum atomic E-state index is -0.0870. The molecule has 1 amide bonds. The third-order valence-electron chi connectivity index (χ3n) is 4.46. The first kappa shape index (κ1) is 16.5. The normalized spacial score (nSPS) is 14.0. The second-order valence-corrected chi connectivity index (χ2v) is 6.28. The highest BCUT2D eigenvalue weighted by Crippen LogP contribution is 2.25. The molecule has 3 rings (SSSR count). The Morgan fingerprint density at radius 3 is 2.46 bits per heavy atom. The fourth-order valence-corrected chi connectivity index (χ4v) is 3.07. The number of benzene rings is 2. The Bertz CT molecular complexity index is 704. The number of carbonyl (C=O) groups excluding carboxylic acids is 1. The number of amides is 1. The summed E-state index contributed by atoms with van der Waals surface area (Å²) in [5.74, 6) is -0.0870. The predicted molar refractivity (Wildman–Crippen MR) is 97.7 cm³/mol. The molecule has 4 nitrogen and oxygen atoms in total. The van der Waals surface area contributed by atoms with E-state index >= 15 is 0 Å². The Morgan fingerprint density at radius 2 is 1.83 bits per heavy atom. The van der Waals surface area contributed by atoms with E-state index in [2.05, 4.69) is 22.3 Å². The summed E-state index contributed by atoms with van der Waals surface area (Å²) in [6.07, 6.45) is 2.52. The molecule has 0 atom stereocenters. The Labute approximate surface area is 143 Å². The molecule has 1 heterocycles. The number of ether oxygens (including phenoxy) is 1. The van der Waals surface area contributed by atoms with Crippen molar-refractivity contribution in [2.75, 3.05) is 30.4 Å². The minimum Gasteiger partial charge on any atom is -0.380 e. The lowest BCUT2D eigenvalue weighted by Gasteiger charge is -2.19. The number of carbonyl (C=O) groups is 1. The summed E-state index contributed by atoms with van der Waals surface area (Å²) in [6, 6.07) is 13.7. The molecule has 0 aliphatic carbocycles. The van der Waals surface area contributed by atoms with Crippen LogP contribution in [0.25, 0.3) is 0 Å². The molecule has 0 saturated carbocycles. The molecule has 1 aliphatic heterocycles. The van der Waals surface area contributed by atoms with E-state index in [0.29, 0.717) is 12.2 Å². The molecule has 1 N–H and O–H groups in total. The predicted octanol–water partition coefficient (Wildman–Crippen LogP) is 3.99. The quantitative estimate of drug-likeness (QED) is 0.904. The van der Waals surface area contributed by atoms with Crippen LogP contribution in [0.2, 0.25) is 0 Å². The molecule has 0 radical (unpaired) electrons. The highest BCUT2D eigenvalue weighted by atomic mass is 16.5. The van der Waals surface area contributed by atoms with Crippen LogP contribution in [0.1, 0.15) is 34.3 Å². The summed E-state index contributed by atoms with van der Waals surface area (Å²) in [6.45, 7) is 4.84. The van der Waals surface area contributed by atoms with Gasteiger partial charge in [-0.1, -0.05) is 12.1 Å². The maximum absolute atomic E-state index is 12.4. The van der Waals surface area contributed by atoms with Gasteiger partial charge in [-0.3, -0.25) is 4.79 Å². The van der Waals surface area contributed by atoms with Gasteiger partial charge in [0.25, 0.3) is 5.91 Å². The van der Waals surface area contributed by atoms with E-state index in [1.807, 2.05) is 37.3 Å². The van der Waals surface area contributed by atoms with Gasteiger partial charge in [0.1, 0.15) is 0 Å². The zero-order chi connectivity index (χ0) is 16.9. The fourth-order valence-electron chi connectivity index (χ4n) is 3.07. The summed E-state index contributed by atoms with van der Waals surface area (Å²) in [5.41, 5.74) is 4.90. The zero-order valence-corrected chi connectivity index (χ0v) is 14.3. The number of nitrogens with one attached hydrogen (secondary N) is 1. The lowest BCUT2D eigenvalue weighted by Crippen LogP contribution is -2.18. The first-order valence-electron chi connectivity index (χ1n) is 8.42. The molecule has 0 spiro atoms. The van der Waals surface area contributed by atoms with Crippen molar-refractivity contribution in [2.24, 2.45) is 0 Å². The number of rotatable bonds is 5. The molecular weight excluding hydrogens is 300 g/mol. The van der Waals surface area contributed by atoms with Gasteiger partial charge in [-0.25, -0.2) is 0 Å². The lowest BCUT2D eigenvalue weighted by molar-refractivity contribution is 0.102. The summed E-state index contributed by atoms with van der Waals surface area (Å²) in [7, 11) is 1.66. The molecule has 1 saturated heterocycles. The van der Waals surface area contributed by atoms with Gasteiger partial charge in [-0.2, -0.15) is 0 Å². The van der Waals surface area contributed by atoms with Gasteiger partial charge in [-0.05, 0) is 61.2 Å². The SMILES string of the molecule is COCc1ccc(C(=O)Nc2ccc(N3CCCC3)cc2C)cc1. The number of hydrogen-bond donors (Lipinski definition) is 1. The minimum absolute atomic E-state index is 0.0870. The topological polar surface area (TPSA) is 41.6 Å². The molecule has 126 valence electrons. The van der Waals surface area contributed by atoms with Crippen LogP contribution in [-0.4, -0.2) is 26.1 Å². The van der Waals surface area contributed by atoms with Crippen molar-refractivity contribution in [3.63, 3.8) is 0 Å². The summed E-state index contributed by atoms with van der Waals surface area (Å²) in [5, 5.41) is 3.01. The number of methoxy groups -OCH3 is 1. The summed E-state index contributed by atoms with van der Waals surface area (Å²) < 4.78 is 5.09. The van der Waals surface area contributed by atoms with E-state index < -0.39 is 0 Å². The van der Waals surface area contributed by atoms with Crippen LogP contribution in [0.4, 0.5) is 11.4 Å². The van der Waals surface area contributed by atoms with Crippen LogP contribution >= 0.6 is 0 Å². The standard InChI is InChI=1S/C20H24N2O2/c1-15-13-18(22-11-3-4-12-22)9-10-19(15)21-20(23)17-7-5-16(6-8-17)14-24-2/h5-10,13H,3-4,11-12,14H2,1-2H3,(H,21,23). The van der Waals surface area contributed by atoms with Crippen LogP contribution in [0.15, 0.2) is 42.5 Å². The van der Waals surface area contributed by atoms with Crippen molar-refractivity contribution in [2.45, 2.75) is 26.4 Å². The monoisotopic (exact) mass is 324 g/mol. The van der Waals surface area contributed by atoms with Gasteiger partial charge in [0.05, 0.1) is 6.61 Å². The second kappa shape index (κ2) is 7.49. The van der Waals surface area contributed by atoms with Crippen LogP contribution in [0.3, 0.4) is 0 Å². The van der Waals surface area contributed by atoms with Crippen LogP contribution in [0.5, 0.6) is 0 Å². The zero-order valence-electron chi connectivity index (χ0n) is 14.3. The third-order valence-corrected chi connectivity index (χ3v) is 4.46. The Balaban J connectivity index is 1.69. The van der Waals surface area contributed by atoms with E-state index in [4.69, 9.17) is 4.74 Å². The van der Waals surface area contributed by atoms with Crippen molar-refractivity contribution >= 4 is 17.3 Å². The largest absolute Gasteiger partial charge is 0.380 e. The Hall–Kier alpha value is -2.33. The number of hydrogen-bond acceptors (Lipinski definition) is 3. The van der Waals surface area contributed by atoms with Gasteiger partial charge in [0, 0.05) is 37.1 Å². The molecule has 1 fully saturated rings. The molecule has 1 aliphatic rings. The maximum Gasteiger partial charge on any atom is 0.255 e.